The normalized spacial score (nSPS) is 25.6. The third-order valence-electron chi connectivity index (χ3n) is 9.11. The van der Waals surface area contributed by atoms with Crippen LogP contribution in [0.5, 0.6) is 0 Å². The maximum absolute atomic E-state index is 12.1. The first-order valence-electron chi connectivity index (χ1n) is 13.8. The van der Waals surface area contributed by atoms with Gasteiger partial charge in [0, 0.05) is 18.5 Å². The molecule has 3 aliphatic carbocycles. The Bertz CT molecular complexity index is 1350. The van der Waals surface area contributed by atoms with Crippen LogP contribution in [0.3, 0.4) is 0 Å². The minimum Gasteiger partial charge on any atom is -0.388 e. The third kappa shape index (κ3) is 4.41. The fourth-order valence-corrected chi connectivity index (χ4v) is 7.07. The van der Waals surface area contributed by atoms with Crippen LogP contribution < -0.4 is 5.32 Å². The second kappa shape index (κ2) is 9.74. The third-order valence-corrected chi connectivity index (χ3v) is 9.11. The molecule has 6 rings (SSSR count). The van der Waals surface area contributed by atoms with Crippen LogP contribution >= 0.6 is 0 Å². The lowest BCUT2D eigenvalue weighted by Crippen LogP contribution is -2.17. The molecule has 0 radical (unpaired) electrons. The Kier molecular flexibility index (Phi) is 6.42. The highest BCUT2D eigenvalue weighted by molar-refractivity contribution is 5.94. The predicted octanol–water partition coefficient (Wildman–Crippen LogP) is 6.10. The Balaban J connectivity index is 1.18. The summed E-state index contributed by atoms with van der Waals surface area (Å²) in [6, 6.07) is 19.5. The lowest BCUT2D eigenvalue weighted by Gasteiger charge is -2.21. The zero-order valence-electron chi connectivity index (χ0n) is 22.1. The van der Waals surface area contributed by atoms with Gasteiger partial charge in [-0.1, -0.05) is 56.3 Å². The highest BCUT2D eigenvalue weighted by atomic mass is 16.5. The first-order valence-corrected chi connectivity index (χ1v) is 13.8. The molecule has 1 amide bonds. The quantitative estimate of drug-likeness (QED) is 0.434. The fraction of sp³-hybridized carbons (Fsp3) is 0.424. The Morgan fingerprint density at radius 3 is 2.70 bits per heavy atom. The van der Waals surface area contributed by atoms with Crippen molar-refractivity contribution >= 4 is 5.91 Å². The molecule has 5 atom stereocenters. The van der Waals surface area contributed by atoms with Gasteiger partial charge in [0.05, 0.1) is 18.8 Å². The van der Waals surface area contributed by atoms with Gasteiger partial charge in [-0.05, 0) is 101 Å². The number of ether oxygens (including phenoxy) is 1. The summed E-state index contributed by atoms with van der Waals surface area (Å²) >= 11 is 0. The molecule has 3 aliphatic rings. The van der Waals surface area contributed by atoms with Crippen molar-refractivity contribution < 1.29 is 14.6 Å². The van der Waals surface area contributed by atoms with E-state index >= 15 is 0 Å². The number of aliphatic hydroxyl groups excluding tert-OH is 1. The minimum atomic E-state index is -0.311. The monoisotopic (exact) mass is 495 g/mol. The summed E-state index contributed by atoms with van der Waals surface area (Å²) in [6.45, 7) is 5.08. The number of benzene rings is 3. The number of carbonyl (C=O) groups excluding carboxylic acids is 1. The first-order chi connectivity index (χ1) is 17.9. The Hall–Kier alpha value is -2.95. The van der Waals surface area contributed by atoms with Gasteiger partial charge in [-0.2, -0.15) is 0 Å². The number of carbonyl (C=O) groups is 1. The van der Waals surface area contributed by atoms with Crippen molar-refractivity contribution in [3.63, 3.8) is 0 Å². The highest BCUT2D eigenvalue weighted by Gasteiger charge is 2.32. The van der Waals surface area contributed by atoms with Crippen LogP contribution in [-0.2, 0) is 30.6 Å². The van der Waals surface area contributed by atoms with Crippen LogP contribution in [0.4, 0.5) is 0 Å². The zero-order chi connectivity index (χ0) is 25.7. The number of fused-ring (bicyclic) bond motifs is 3. The standard InChI is InChI=1S/C33H37NO3/c1-19-13-30(35)28-11-7-21(15-29(19)28)14-23-9-8-22-5-4-6-25(32(22)23)18-37-31-17-26-16-24(33(36)34-3)10-12-27(26)20(31)2/h4-7,10-12,15-16,19-20,23,30-31,35H,8-9,13-14,17-18H2,1-3H3,(H,34,36). The average Bonchev–Trinajstić information content (AvgIpc) is 3.55. The Labute approximate surface area is 220 Å². The Morgan fingerprint density at radius 2 is 1.86 bits per heavy atom. The van der Waals surface area contributed by atoms with Crippen molar-refractivity contribution in [2.75, 3.05) is 7.05 Å². The number of nitrogens with one attached hydrogen (secondary N) is 1. The van der Waals surface area contributed by atoms with Crippen LogP contribution in [0.25, 0.3) is 0 Å². The second-order valence-corrected chi connectivity index (χ2v) is 11.4. The molecule has 4 heteroatoms. The number of rotatable bonds is 6. The number of aryl methyl sites for hydroxylation is 1. The Morgan fingerprint density at radius 1 is 1.03 bits per heavy atom. The maximum atomic E-state index is 12.1. The maximum Gasteiger partial charge on any atom is 0.251 e. The van der Waals surface area contributed by atoms with Crippen molar-refractivity contribution in [3.8, 4) is 0 Å². The largest absolute Gasteiger partial charge is 0.388 e. The molecule has 37 heavy (non-hydrogen) atoms. The van der Waals surface area contributed by atoms with Crippen LogP contribution in [0, 0.1) is 0 Å². The van der Waals surface area contributed by atoms with Gasteiger partial charge in [0.2, 0.25) is 0 Å². The predicted molar refractivity (Wildman–Crippen MR) is 146 cm³/mol. The lowest BCUT2D eigenvalue weighted by molar-refractivity contribution is 0.0332. The molecule has 0 saturated carbocycles. The SMILES string of the molecule is CNC(=O)c1ccc2c(c1)CC(OCc1cccc3c1C(Cc1ccc4c(c1)C(C)CC4O)CC3)C2C. The van der Waals surface area contributed by atoms with Crippen LogP contribution in [0.15, 0.2) is 54.6 Å². The lowest BCUT2D eigenvalue weighted by atomic mass is 9.89. The molecule has 192 valence electrons. The summed E-state index contributed by atoms with van der Waals surface area (Å²) in [7, 11) is 1.67. The van der Waals surface area contributed by atoms with Crippen LogP contribution in [0.1, 0.15) is 105 Å². The molecular weight excluding hydrogens is 458 g/mol. The van der Waals surface area contributed by atoms with E-state index in [-0.39, 0.29) is 18.1 Å². The molecule has 0 spiro atoms. The van der Waals surface area contributed by atoms with E-state index in [9.17, 15) is 9.90 Å². The van der Waals surface area contributed by atoms with E-state index in [4.69, 9.17) is 4.74 Å². The van der Waals surface area contributed by atoms with E-state index in [1.54, 1.807) is 7.05 Å². The molecule has 0 saturated heterocycles. The van der Waals surface area contributed by atoms with Crippen LogP contribution in [0.2, 0.25) is 0 Å². The topological polar surface area (TPSA) is 58.6 Å². The summed E-state index contributed by atoms with van der Waals surface area (Å²) in [5, 5.41) is 13.1. The number of hydrogen-bond donors (Lipinski definition) is 2. The molecule has 0 heterocycles. The molecule has 0 bridgehead atoms. The van der Waals surface area contributed by atoms with Crippen molar-refractivity contribution in [1.82, 2.24) is 5.32 Å². The van der Waals surface area contributed by atoms with Gasteiger partial charge in [-0.3, -0.25) is 4.79 Å². The summed E-state index contributed by atoms with van der Waals surface area (Å²) in [6.07, 6.45) is 4.83. The first kappa shape index (κ1) is 24.4. The number of hydrogen-bond acceptors (Lipinski definition) is 3. The summed E-state index contributed by atoms with van der Waals surface area (Å²) < 4.78 is 6.59. The molecule has 3 aromatic carbocycles. The van der Waals surface area contributed by atoms with Gasteiger partial charge in [0.25, 0.3) is 5.91 Å². The number of aliphatic hydroxyl groups is 1. The highest BCUT2D eigenvalue weighted by Crippen LogP contribution is 2.43. The summed E-state index contributed by atoms with van der Waals surface area (Å²) in [4.78, 5) is 12.1. The summed E-state index contributed by atoms with van der Waals surface area (Å²) in [5.41, 5.74) is 11.3. The van der Waals surface area contributed by atoms with Crippen molar-refractivity contribution in [1.29, 1.82) is 0 Å². The van der Waals surface area contributed by atoms with E-state index in [0.29, 0.717) is 29.9 Å². The van der Waals surface area contributed by atoms with Gasteiger partial charge in [-0.15, -0.1) is 0 Å². The van der Waals surface area contributed by atoms with Gasteiger partial charge in [0.1, 0.15) is 0 Å². The van der Waals surface area contributed by atoms with E-state index in [2.05, 4.69) is 61.6 Å². The van der Waals surface area contributed by atoms with Crippen LogP contribution in [-0.4, -0.2) is 24.2 Å². The zero-order valence-corrected chi connectivity index (χ0v) is 22.1. The van der Waals surface area contributed by atoms with E-state index in [1.807, 2.05) is 12.1 Å². The minimum absolute atomic E-state index is 0.0419. The molecular formula is C33H37NO3. The molecule has 0 aromatic heterocycles. The van der Waals surface area contributed by atoms with Crippen molar-refractivity contribution in [3.05, 3.63) is 105 Å². The van der Waals surface area contributed by atoms with E-state index in [0.717, 1.165) is 31.2 Å². The average molecular weight is 496 g/mol. The molecule has 0 fully saturated rings. The molecule has 2 N–H and O–H groups in total. The van der Waals surface area contributed by atoms with Gasteiger partial charge in [0.15, 0.2) is 0 Å². The molecule has 0 aliphatic heterocycles. The van der Waals surface area contributed by atoms with Gasteiger partial charge in [-0.25, -0.2) is 0 Å². The van der Waals surface area contributed by atoms with E-state index in [1.165, 1.54) is 45.4 Å². The second-order valence-electron chi connectivity index (χ2n) is 11.4. The number of amides is 1. The summed E-state index contributed by atoms with van der Waals surface area (Å²) in [5.74, 6) is 1.20. The smallest absolute Gasteiger partial charge is 0.251 e. The van der Waals surface area contributed by atoms with Crippen molar-refractivity contribution in [2.24, 2.45) is 0 Å². The molecule has 3 aromatic rings. The van der Waals surface area contributed by atoms with Gasteiger partial charge >= 0.3 is 0 Å². The fourth-order valence-electron chi connectivity index (χ4n) is 7.07. The van der Waals surface area contributed by atoms with Gasteiger partial charge < -0.3 is 15.2 Å². The van der Waals surface area contributed by atoms with E-state index < -0.39 is 0 Å². The molecule has 4 nitrogen and oxygen atoms in total. The van der Waals surface area contributed by atoms with Crippen molar-refractivity contribution in [2.45, 2.75) is 82.5 Å². The molecule has 5 unspecified atom stereocenters.